The SMILES string of the molecule is CC(C)C1CCc2cccc([C@@H]3C(C)C(C)C4c5c(sc6ccccc56)C=CC43)c2N1. The second kappa shape index (κ2) is 7.24. The maximum atomic E-state index is 3.99. The molecule has 0 amide bonds. The minimum absolute atomic E-state index is 0.580. The van der Waals surface area contributed by atoms with Crippen LogP contribution in [0.3, 0.4) is 0 Å². The third kappa shape index (κ3) is 2.87. The van der Waals surface area contributed by atoms with Crippen molar-refractivity contribution in [2.24, 2.45) is 23.7 Å². The molecule has 6 atom stereocenters. The van der Waals surface area contributed by atoms with E-state index in [9.17, 15) is 0 Å². The molecular weight excluding hydrogens is 394 g/mol. The lowest BCUT2D eigenvalue weighted by Crippen LogP contribution is -2.31. The van der Waals surface area contributed by atoms with Crippen molar-refractivity contribution in [2.45, 2.75) is 58.4 Å². The molecule has 0 spiro atoms. The van der Waals surface area contributed by atoms with Crippen molar-refractivity contribution in [2.75, 3.05) is 5.32 Å². The molecule has 1 aliphatic heterocycles. The predicted octanol–water partition coefficient (Wildman–Crippen LogP) is 8.08. The van der Waals surface area contributed by atoms with E-state index >= 15 is 0 Å². The summed E-state index contributed by atoms with van der Waals surface area (Å²) in [6.45, 7) is 9.73. The predicted molar refractivity (Wildman–Crippen MR) is 135 cm³/mol. The summed E-state index contributed by atoms with van der Waals surface area (Å²) in [4.78, 5) is 1.50. The standard InChI is InChI=1S/C29H33NS/c1-16(2)23-14-12-19-8-7-10-22(29(19)30-23)26-17(3)18(4)27-21(26)13-15-25-28(27)20-9-5-6-11-24(20)31-25/h5-11,13,15-18,21,23,26-27,30H,12,14H2,1-4H3/t17?,18?,21?,23?,26-,27?/m1/s1. The zero-order chi connectivity index (χ0) is 21.3. The summed E-state index contributed by atoms with van der Waals surface area (Å²) >= 11 is 1.98. The molecule has 5 unspecified atom stereocenters. The van der Waals surface area contributed by atoms with Crippen molar-refractivity contribution in [3.05, 3.63) is 70.1 Å². The third-order valence-corrected chi connectivity index (χ3v) is 9.81. The van der Waals surface area contributed by atoms with Crippen LogP contribution in [0.25, 0.3) is 16.2 Å². The molecule has 1 nitrogen and oxygen atoms in total. The monoisotopic (exact) mass is 427 g/mol. The number of hydrogen-bond donors (Lipinski definition) is 1. The number of rotatable bonds is 2. The molecule has 31 heavy (non-hydrogen) atoms. The van der Waals surface area contributed by atoms with E-state index in [1.807, 2.05) is 11.3 Å². The highest BCUT2D eigenvalue weighted by Gasteiger charge is 2.49. The molecule has 2 heterocycles. The van der Waals surface area contributed by atoms with Gasteiger partial charge in [-0.3, -0.25) is 0 Å². The smallest absolute Gasteiger partial charge is 0.0410 e. The minimum Gasteiger partial charge on any atom is -0.382 e. The van der Waals surface area contributed by atoms with Crippen molar-refractivity contribution < 1.29 is 0 Å². The lowest BCUT2D eigenvalue weighted by atomic mass is 9.75. The number of allylic oxidation sites excluding steroid dienone is 1. The number of thiophene rings is 1. The van der Waals surface area contributed by atoms with Crippen LogP contribution in [0.15, 0.2) is 48.5 Å². The van der Waals surface area contributed by atoms with Gasteiger partial charge in [-0.1, -0.05) is 70.2 Å². The van der Waals surface area contributed by atoms with E-state index in [0.717, 1.165) is 0 Å². The lowest BCUT2D eigenvalue weighted by molar-refractivity contribution is 0.402. The van der Waals surface area contributed by atoms with Crippen LogP contribution in [0.4, 0.5) is 5.69 Å². The van der Waals surface area contributed by atoms with Gasteiger partial charge in [0.15, 0.2) is 0 Å². The first kappa shape index (κ1) is 19.6. The maximum Gasteiger partial charge on any atom is 0.0410 e. The summed E-state index contributed by atoms with van der Waals surface area (Å²) in [5.74, 6) is 3.80. The van der Waals surface area contributed by atoms with Gasteiger partial charge in [-0.25, -0.2) is 0 Å². The second-order valence-electron chi connectivity index (χ2n) is 10.5. The molecule has 160 valence electrons. The van der Waals surface area contributed by atoms with Gasteiger partial charge < -0.3 is 5.32 Å². The second-order valence-corrected chi connectivity index (χ2v) is 11.6. The number of para-hydroxylation sites is 1. The first-order valence-electron chi connectivity index (χ1n) is 12.1. The molecule has 2 aromatic carbocycles. The Morgan fingerprint density at radius 3 is 2.61 bits per heavy atom. The van der Waals surface area contributed by atoms with Gasteiger partial charge in [0.2, 0.25) is 0 Å². The summed E-state index contributed by atoms with van der Waals surface area (Å²) in [7, 11) is 0. The average Bonchev–Trinajstić information content (AvgIpc) is 3.28. The molecule has 0 saturated heterocycles. The Balaban J connectivity index is 1.46. The summed E-state index contributed by atoms with van der Waals surface area (Å²) in [5.41, 5.74) is 6.20. The molecule has 1 saturated carbocycles. The van der Waals surface area contributed by atoms with Crippen molar-refractivity contribution in [3.63, 3.8) is 0 Å². The molecule has 3 aromatic rings. The number of nitrogens with one attached hydrogen (secondary N) is 1. The van der Waals surface area contributed by atoms with Crippen LogP contribution < -0.4 is 5.32 Å². The van der Waals surface area contributed by atoms with Gasteiger partial charge >= 0.3 is 0 Å². The van der Waals surface area contributed by atoms with Crippen LogP contribution in [0.2, 0.25) is 0 Å². The number of anilines is 1. The van der Waals surface area contributed by atoms with E-state index in [2.05, 4.69) is 87.6 Å². The number of hydrogen-bond acceptors (Lipinski definition) is 2. The Kier molecular flexibility index (Phi) is 4.58. The zero-order valence-corrected chi connectivity index (χ0v) is 19.9. The van der Waals surface area contributed by atoms with Crippen molar-refractivity contribution in [1.82, 2.24) is 0 Å². The van der Waals surface area contributed by atoms with Crippen molar-refractivity contribution in [3.8, 4) is 0 Å². The Labute approximate surface area is 190 Å². The summed E-state index contributed by atoms with van der Waals surface area (Å²) in [5, 5.41) is 5.49. The van der Waals surface area contributed by atoms with Crippen LogP contribution >= 0.6 is 11.3 Å². The van der Waals surface area contributed by atoms with E-state index in [4.69, 9.17) is 0 Å². The molecule has 1 fully saturated rings. The quantitative estimate of drug-likeness (QED) is 0.436. The molecule has 2 heteroatoms. The van der Waals surface area contributed by atoms with Crippen molar-refractivity contribution >= 4 is 33.2 Å². The van der Waals surface area contributed by atoms with Crippen LogP contribution in [-0.4, -0.2) is 6.04 Å². The molecule has 2 aliphatic carbocycles. The van der Waals surface area contributed by atoms with E-state index in [0.29, 0.717) is 41.5 Å². The van der Waals surface area contributed by atoms with Crippen LogP contribution in [0.5, 0.6) is 0 Å². The highest BCUT2D eigenvalue weighted by atomic mass is 32.1. The van der Waals surface area contributed by atoms with Gasteiger partial charge in [0.05, 0.1) is 0 Å². The summed E-state index contributed by atoms with van der Waals surface area (Å²) in [6.07, 6.45) is 7.47. The summed E-state index contributed by atoms with van der Waals surface area (Å²) in [6, 6.07) is 16.7. The number of benzene rings is 2. The first-order chi connectivity index (χ1) is 15.0. The van der Waals surface area contributed by atoms with E-state index < -0.39 is 0 Å². The molecule has 1 aromatic heterocycles. The summed E-state index contributed by atoms with van der Waals surface area (Å²) < 4.78 is 1.44. The average molecular weight is 428 g/mol. The van der Waals surface area contributed by atoms with Gasteiger partial charge in [0, 0.05) is 21.3 Å². The molecule has 6 rings (SSSR count). The van der Waals surface area contributed by atoms with Gasteiger partial charge in [-0.2, -0.15) is 0 Å². The van der Waals surface area contributed by atoms with Crippen LogP contribution in [-0.2, 0) is 6.42 Å². The van der Waals surface area contributed by atoms with E-state index in [1.165, 1.54) is 39.1 Å². The van der Waals surface area contributed by atoms with Crippen LogP contribution in [0, 0.1) is 23.7 Å². The van der Waals surface area contributed by atoms with Crippen LogP contribution in [0.1, 0.15) is 67.5 Å². The fourth-order valence-corrected chi connectivity index (χ4v) is 8.04. The lowest BCUT2D eigenvalue weighted by Gasteiger charge is -2.35. The molecule has 0 bridgehead atoms. The molecular formula is C29H33NS. The molecule has 3 aliphatic rings. The Morgan fingerprint density at radius 1 is 0.968 bits per heavy atom. The number of aryl methyl sites for hydroxylation is 1. The third-order valence-electron chi connectivity index (χ3n) is 8.66. The van der Waals surface area contributed by atoms with E-state index in [-0.39, 0.29) is 0 Å². The fourth-order valence-electron chi connectivity index (χ4n) is 6.86. The fraction of sp³-hybridized carbons (Fsp3) is 0.448. The van der Waals surface area contributed by atoms with Gasteiger partial charge in [-0.15, -0.1) is 11.3 Å². The van der Waals surface area contributed by atoms with Crippen molar-refractivity contribution in [1.29, 1.82) is 0 Å². The zero-order valence-electron chi connectivity index (χ0n) is 19.1. The van der Waals surface area contributed by atoms with Gasteiger partial charge in [0.25, 0.3) is 0 Å². The molecule has 1 N–H and O–H groups in total. The van der Waals surface area contributed by atoms with Gasteiger partial charge in [0.1, 0.15) is 0 Å². The van der Waals surface area contributed by atoms with E-state index in [1.54, 1.807) is 11.1 Å². The number of fused-ring (bicyclic) bond motifs is 6. The Morgan fingerprint density at radius 2 is 1.77 bits per heavy atom. The molecule has 0 radical (unpaired) electrons. The normalized spacial score (nSPS) is 31.4. The Bertz CT molecular complexity index is 1170. The topological polar surface area (TPSA) is 12.0 Å². The highest BCUT2D eigenvalue weighted by Crippen LogP contribution is 2.61. The largest absolute Gasteiger partial charge is 0.382 e. The first-order valence-corrected chi connectivity index (χ1v) is 12.9. The minimum atomic E-state index is 0.580. The maximum absolute atomic E-state index is 3.99. The Hall–Kier alpha value is -2.06. The highest BCUT2D eigenvalue weighted by molar-refractivity contribution is 7.20. The van der Waals surface area contributed by atoms with Gasteiger partial charge in [-0.05, 0) is 82.6 Å².